The Labute approximate surface area is 121 Å². The van der Waals surface area contributed by atoms with Crippen molar-refractivity contribution in [3.8, 4) is 0 Å². The van der Waals surface area contributed by atoms with Crippen molar-refractivity contribution >= 4 is 5.69 Å². The molecule has 4 rings (SSSR count). The average molecular weight is 263 g/mol. The summed E-state index contributed by atoms with van der Waals surface area (Å²) in [6.45, 7) is 0. The van der Waals surface area contributed by atoms with E-state index in [4.69, 9.17) is 0 Å². The molecule has 1 saturated carbocycles. The van der Waals surface area contributed by atoms with Gasteiger partial charge in [-0.2, -0.15) is 0 Å². The third kappa shape index (κ3) is 1.69. The zero-order valence-electron chi connectivity index (χ0n) is 12.0. The molecule has 0 unspecified atom stereocenters. The van der Waals surface area contributed by atoms with Crippen molar-refractivity contribution in [3.05, 3.63) is 65.7 Å². The Morgan fingerprint density at radius 1 is 0.900 bits per heavy atom. The first-order valence-corrected chi connectivity index (χ1v) is 7.73. The Kier molecular flexibility index (Phi) is 2.80. The van der Waals surface area contributed by atoms with E-state index in [1.165, 1.54) is 36.1 Å². The minimum Gasteiger partial charge on any atom is -0.371 e. The molecule has 3 atom stereocenters. The molecular weight excluding hydrogens is 242 g/mol. The summed E-state index contributed by atoms with van der Waals surface area (Å²) >= 11 is 0. The molecule has 0 saturated heterocycles. The molecule has 2 aliphatic rings. The van der Waals surface area contributed by atoms with Crippen molar-refractivity contribution in [2.45, 2.75) is 31.2 Å². The number of hydrogen-bond acceptors (Lipinski definition) is 1. The molecule has 2 aromatic rings. The summed E-state index contributed by atoms with van der Waals surface area (Å²) in [5, 5.41) is 0. The summed E-state index contributed by atoms with van der Waals surface area (Å²) < 4.78 is 0. The van der Waals surface area contributed by atoms with Crippen LogP contribution in [0.1, 0.15) is 36.3 Å². The van der Waals surface area contributed by atoms with Crippen LogP contribution in [0.3, 0.4) is 0 Å². The van der Waals surface area contributed by atoms with Gasteiger partial charge in [0.15, 0.2) is 0 Å². The second kappa shape index (κ2) is 4.66. The molecule has 1 aliphatic heterocycles. The Bertz CT molecular complexity index is 604. The van der Waals surface area contributed by atoms with Gasteiger partial charge in [0.05, 0.1) is 0 Å². The zero-order valence-corrected chi connectivity index (χ0v) is 12.0. The predicted octanol–water partition coefficient (Wildman–Crippen LogP) is 4.44. The van der Waals surface area contributed by atoms with Gasteiger partial charge in [0.25, 0.3) is 0 Å². The standard InChI is InChI=1S/C19H21N/c1-20-17-12-6-5-10-15(17)19(14-8-3-2-4-9-14)16-11-7-13-18(16)20/h2-6,8-10,12,16,18-19H,7,11,13H2,1H3/t16-,18+,19+/m0/s1. The van der Waals surface area contributed by atoms with Gasteiger partial charge < -0.3 is 4.90 Å². The van der Waals surface area contributed by atoms with E-state index >= 15 is 0 Å². The second-order valence-corrected chi connectivity index (χ2v) is 6.22. The summed E-state index contributed by atoms with van der Waals surface area (Å²) in [7, 11) is 2.28. The molecule has 1 aliphatic carbocycles. The van der Waals surface area contributed by atoms with E-state index in [9.17, 15) is 0 Å². The number of anilines is 1. The number of benzene rings is 2. The number of rotatable bonds is 1. The van der Waals surface area contributed by atoms with Crippen LogP contribution in [-0.2, 0) is 0 Å². The maximum absolute atomic E-state index is 2.53. The molecule has 0 amide bonds. The highest BCUT2D eigenvalue weighted by Gasteiger charge is 2.42. The van der Waals surface area contributed by atoms with Crippen LogP contribution in [-0.4, -0.2) is 13.1 Å². The molecule has 0 aromatic heterocycles. The first-order valence-electron chi connectivity index (χ1n) is 7.73. The van der Waals surface area contributed by atoms with Crippen LogP contribution in [0.5, 0.6) is 0 Å². The summed E-state index contributed by atoms with van der Waals surface area (Å²) in [5.74, 6) is 1.36. The first-order chi connectivity index (χ1) is 9.86. The fraction of sp³-hybridized carbons (Fsp3) is 0.368. The Morgan fingerprint density at radius 3 is 2.50 bits per heavy atom. The summed E-state index contributed by atoms with van der Waals surface area (Å²) in [4.78, 5) is 2.53. The number of para-hydroxylation sites is 1. The number of nitrogens with zero attached hydrogens (tertiary/aromatic N) is 1. The van der Waals surface area contributed by atoms with Gasteiger partial charge in [0.2, 0.25) is 0 Å². The predicted molar refractivity (Wildman–Crippen MR) is 84.3 cm³/mol. The molecule has 0 bridgehead atoms. The molecule has 102 valence electrons. The van der Waals surface area contributed by atoms with Crippen molar-refractivity contribution in [3.63, 3.8) is 0 Å². The summed E-state index contributed by atoms with van der Waals surface area (Å²) in [5.41, 5.74) is 4.44. The van der Waals surface area contributed by atoms with Crippen LogP contribution >= 0.6 is 0 Å². The van der Waals surface area contributed by atoms with Gasteiger partial charge in [-0.1, -0.05) is 55.0 Å². The van der Waals surface area contributed by atoms with Crippen molar-refractivity contribution in [2.75, 3.05) is 11.9 Å². The quantitative estimate of drug-likeness (QED) is 0.735. The van der Waals surface area contributed by atoms with Gasteiger partial charge in [0.1, 0.15) is 0 Å². The molecular formula is C19H21N. The molecule has 0 N–H and O–H groups in total. The van der Waals surface area contributed by atoms with Gasteiger partial charge in [-0.25, -0.2) is 0 Å². The van der Waals surface area contributed by atoms with E-state index in [2.05, 4.69) is 66.5 Å². The lowest BCUT2D eigenvalue weighted by atomic mass is 9.74. The lowest BCUT2D eigenvalue weighted by molar-refractivity contribution is 0.398. The van der Waals surface area contributed by atoms with Gasteiger partial charge in [-0.15, -0.1) is 0 Å². The smallest absolute Gasteiger partial charge is 0.0405 e. The maximum atomic E-state index is 2.53. The molecule has 1 heteroatoms. The van der Waals surface area contributed by atoms with E-state index in [0.29, 0.717) is 5.92 Å². The van der Waals surface area contributed by atoms with Crippen LogP contribution < -0.4 is 4.90 Å². The maximum Gasteiger partial charge on any atom is 0.0405 e. The highest BCUT2D eigenvalue weighted by Crippen LogP contribution is 2.50. The average Bonchev–Trinajstić information content (AvgIpc) is 2.98. The van der Waals surface area contributed by atoms with Crippen molar-refractivity contribution in [1.82, 2.24) is 0 Å². The highest BCUT2D eigenvalue weighted by atomic mass is 15.2. The lowest BCUT2D eigenvalue weighted by Gasteiger charge is -2.43. The first kappa shape index (κ1) is 12.0. The van der Waals surface area contributed by atoms with Crippen molar-refractivity contribution < 1.29 is 0 Å². The van der Waals surface area contributed by atoms with E-state index in [-0.39, 0.29) is 0 Å². The van der Waals surface area contributed by atoms with E-state index in [1.807, 2.05) is 0 Å². The number of hydrogen-bond donors (Lipinski definition) is 0. The Hall–Kier alpha value is -1.76. The van der Waals surface area contributed by atoms with Crippen LogP contribution in [0.25, 0.3) is 0 Å². The Morgan fingerprint density at radius 2 is 1.65 bits per heavy atom. The molecule has 2 aromatic carbocycles. The van der Waals surface area contributed by atoms with Crippen LogP contribution in [0.4, 0.5) is 5.69 Å². The molecule has 0 spiro atoms. The molecule has 20 heavy (non-hydrogen) atoms. The van der Waals surface area contributed by atoms with Gasteiger partial charge in [-0.3, -0.25) is 0 Å². The SMILES string of the molecule is CN1c2ccccc2[C@@H](c2ccccc2)[C@H]2CCC[C@H]21. The molecule has 1 heterocycles. The monoisotopic (exact) mass is 263 g/mol. The van der Waals surface area contributed by atoms with E-state index in [1.54, 1.807) is 0 Å². The van der Waals surface area contributed by atoms with Crippen molar-refractivity contribution in [2.24, 2.45) is 5.92 Å². The van der Waals surface area contributed by atoms with Gasteiger partial charge in [-0.05, 0) is 36.0 Å². The number of fused-ring (bicyclic) bond motifs is 2. The minimum absolute atomic E-state index is 0.580. The van der Waals surface area contributed by atoms with Gasteiger partial charge >= 0.3 is 0 Å². The van der Waals surface area contributed by atoms with Crippen LogP contribution in [0.2, 0.25) is 0 Å². The highest BCUT2D eigenvalue weighted by molar-refractivity contribution is 5.61. The normalized spacial score (nSPS) is 28.1. The molecule has 1 fully saturated rings. The second-order valence-electron chi connectivity index (χ2n) is 6.22. The lowest BCUT2D eigenvalue weighted by Crippen LogP contribution is -2.42. The third-order valence-corrected chi connectivity index (χ3v) is 5.27. The Balaban J connectivity index is 1.89. The summed E-state index contributed by atoms with van der Waals surface area (Å²) in [6, 6.07) is 20.8. The fourth-order valence-electron chi connectivity index (χ4n) is 4.41. The minimum atomic E-state index is 0.580. The zero-order chi connectivity index (χ0) is 13.5. The van der Waals surface area contributed by atoms with E-state index in [0.717, 1.165) is 12.0 Å². The molecule has 0 radical (unpaired) electrons. The van der Waals surface area contributed by atoms with E-state index < -0.39 is 0 Å². The third-order valence-electron chi connectivity index (χ3n) is 5.27. The summed E-state index contributed by atoms with van der Waals surface area (Å²) in [6.07, 6.45) is 4.08. The van der Waals surface area contributed by atoms with Crippen LogP contribution in [0.15, 0.2) is 54.6 Å². The van der Waals surface area contributed by atoms with Crippen LogP contribution in [0, 0.1) is 5.92 Å². The largest absolute Gasteiger partial charge is 0.371 e. The van der Waals surface area contributed by atoms with Gasteiger partial charge in [0, 0.05) is 24.7 Å². The fourth-order valence-corrected chi connectivity index (χ4v) is 4.41. The van der Waals surface area contributed by atoms with Crippen molar-refractivity contribution in [1.29, 1.82) is 0 Å². The topological polar surface area (TPSA) is 3.24 Å². The molecule has 1 nitrogen and oxygen atoms in total.